The summed E-state index contributed by atoms with van der Waals surface area (Å²) in [6, 6.07) is 1.77. The molecule has 1 aliphatic rings. The summed E-state index contributed by atoms with van der Waals surface area (Å²) in [5.74, 6) is 0.988. The number of aliphatic hydroxyl groups excluding tert-OH is 1. The zero-order chi connectivity index (χ0) is 13.2. The third-order valence-corrected chi connectivity index (χ3v) is 3.81. The van der Waals surface area contributed by atoms with Crippen LogP contribution in [0, 0.1) is 6.92 Å². The zero-order valence-electron chi connectivity index (χ0n) is 11.1. The van der Waals surface area contributed by atoms with Crippen molar-refractivity contribution >= 4 is 5.91 Å². The Morgan fingerprint density at radius 2 is 2.17 bits per heavy atom. The first-order chi connectivity index (χ1) is 8.60. The van der Waals surface area contributed by atoms with E-state index in [9.17, 15) is 9.90 Å². The van der Waals surface area contributed by atoms with Gasteiger partial charge in [-0.1, -0.05) is 19.8 Å². The Bertz CT molecular complexity index is 430. The third kappa shape index (κ3) is 2.43. The van der Waals surface area contributed by atoms with Crippen molar-refractivity contribution in [3.8, 4) is 0 Å². The fourth-order valence-corrected chi connectivity index (χ4v) is 2.66. The number of furan rings is 1. The maximum absolute atomic E-state index is 12.1. The van der Waals surface area contributed by atoms with Gasteiger partial charge in [-0.05, 0) is 31.4 Å². The van der Waals surface area contributed by atoms with Crippen LogP contribution in [0.2, 0.25) is 0 Å². The van der Waals surface area contributed by atoms with Crippen molar-refractivity contribution in [2.75, 3.05) is 6.61 Å². The molecule has 0 aromatic carbocycles. The van der Waals surface area contributed by atoms with Crippen LogP contribution in [0.4, 0.5) is 0 Å². The second kappa shape index (κ2) is 5.14. The van der Waals surface area contributed by atoms with Crippen LogP contribution < -0.4 is 5.32 Å². The molecule has 0 unspecified atom stereocenters. The number of carbonyl (C=O) groups is 1. The lowest BCUT2D eigenvalue weighted by molar-refractivity contribution is 0.0809. The molecule has 0 atom stereocenters. The van der Waals surface area contributed by atoms with Gasteiger partial charge in [-0.3, -0.25) is 4.79 Å². The zero-order valence-corrected chi connectivity index (χ0v) is 11.1. The molecule has 2 N–H and O–H groups in total. The van der Waals surface area contributed by atoms with Crippen LogP contribution in [0.3, 0.4) is 0 Å². The number of hydrogen-bond donors (Lipinski definition) is 2. The highest BCUT2D eigenvalue weighted by Crippen LogP contribution is 2.29. The van der Waals surface area contributed by atoms with Gasteiger partial charge in [0, 0.05) is 6.42 Å². The molecule has 18 heavy (non-hydrogen) atoms. The van der Waals surface area contributed by atoms with Crippen LogP contribution in [0.15, 0.2) is 10.5 Å². The molecular weight excluding hydrogens is 230 g/mol. The minimum absolute atomic E-state index is 0.000927. The van der Waals surface area contributed by atoms with Crippen molar-refractivity contribution in [1.82, 2.24) is 5.32 Å². The van der Waals surface area contributed by atoms with Crippen LogP contribution in [-0.2, 0) is 6.42 Å². The van der Waals surface area contributed by atoms with Gasteiger partial charge in [-0.25, -0.2) is 0 Å². The Morgan fingerprint density at radius 1 is 1.50 bits per heavy atom. The number of nitrogens with one attached hydrogen (secondary N) is 1. The molecule has 100 valence electrons. The highest BCUT2D eigenvalue weighted by Gasteiger charge is 2.35. The molecule has 0 bridgehead atoms. The van der Waals surface area contributed by atoms with Crippen molar-refractivity contribution in [2.24, 2.45) is 0 Å². The number of amides is 1. The van der Waals surface area contributed by atoms with Crippen molar-refractivity contribution in [2.45, 2.75) is 51.5 Å². The summed E-state index contributed by atoms with van der Waals surface area (Å²) in [5, 5.41) is 12.4. The van der Waals surface area contributed by atoms with E-state index in [1.165, 1.54) is 0 Å². The molecule has 1 heterocycles. The van der Waals surface area contributed by atoms with Gasteiger partial charge in [-0.15, -0.1) is 0 Å². The third-order valence-electron chi connectivity index (χ3n) is 3.81. The Kier molecular flexibility index (Phi) is 3.76. The van der Waals surface area contributed by atoms with Gasteiger partial charge < -0.3 is 14.8 Å². The fourth-order valence-electron chi connectivity index (χ4n) is 2.66. The van der Waals surface area contributed by atoms with Gasteiger partial charge in [0.25, 0.3) is 5.91 Å². The number of aliphatic hydroxyl groups is 1. The van der Waals surface area contributed by atoms with Gasteiger partial charge in [0.15, 0.2) is 5.76 Å². The van der Waals surface area contributed by atoms with Crippen molar-refractivity contribution < 1.29 is 14.3 Å². The second-order valence-corrected chi connectivity index (χ2v) is 5.17. The molecule has 4 nitrogen and oxygen atoms in total. The number of carbonyl (C=O) groups excluding carboxylic acids is 1. The van der Waals surface area contributed by atoms with Crippen LogP contribution >= 0.6 is 0 Å². The minimum atomic E-state index is -0.440. The SMILES string of the molecule is CCc1oc(C(=O)NC2(CO)CCCC2)cc1C. The Morgan fingerprint density at radius 3 is 2.67 bits per heavy atom. The Labute approximate surface area is 107 Å². The molecule has 1 saturated carbocycles. The first-order valence-electron chi connectivity index (χ1n) is 6.63. The smallest absolute Gasteiger partial charge is 0.287 e. The first-order valence-corrected chi connectivity index (χ1v) is 6.63. The lowest BCUT2D eigenvalue weighted by atomic mass is 9.99. The predicted molar refractivity (Wildman–Crippen MR) is 68.6 cm³/mol. The minimum Gasteiger partial charge on any atom is -0.456 e. The molecular formula is C14H21NO3. The molecule has 0 aliphatic heterocycles. The van der Waals surface area contributed by atoms with E-state index < -0.39 is 5.54 Å². The van der Waals surface area contributed by atoms with E-state index in [-0.39, 0.29) is 12.5 Å². The Hall–Kier alpha value is -1.29. The molecule has 1 amide bonds. The molecule has 1 aromatic heterocycles. The fraction of sp³-hybridized carbons (Fsp3) is 0.643. The maximum Gasteiger partial charge on any atom is 0.287 e. The summed E-state index contributed by atoms with van der Waals surface area (Å²) in [4.78, 5) is 12.1. The quantitative estimate of drug-likeness (QED) is 0.862. The van der Waals surface area contributed by atoms with Gasteiger partial charge in [0.1, 0.15) is 5.76 Å². The second-order valence-electron chi connectivity index (χ2n) is 5.17. The molecule has 4 heteroatoms. The molecule has 1 aliphatic carbocycles. The standard InChI is InChI=1S/C14H21NO3/c1-3-11-10(2)8-12(18-11)13(17)15-14(9-16)6-4-5-7-14/h8,16H,3-7,9H2,1-2H3,(H,15,17). The van der Waals surface area contributed by atoms with Gasteiger partial charge >= 0.3 is 0 Å². The van der Waals surface area contributed by atoms with E-state index in [4.69, 9.17) is 4.42 Å². The van der Waals surface area contributed by atoms with Crippen LogP contribution in [0.25, 0.3) is 0 Å². The summed E-state index contributed by atoms with van der Waals surface area (Å²) in [5.41, 5.74) is 0.566. The summed E-state index contributed by atoms with van der Waals surface area (Å²) in [7, 11) is 0. The van der Waals surface area contributed by atoms with E-state index in [1.54, 1.807) is 6.07 Å². The van der Waals surface area contributed by atoms with E-state index in [0.29, 0.717) is 5.76 Å². The topological polar surface area (TPSA) is 62.5 Å². The molecule has 1 aromatic rings. The van der Waals surface area contributed by atoms with Crippen LogP contribution in [-0.4, -0.2) is 23.2 Å². The normalized spacial score (nSPS) is 17.9. The molecule has 0 spiro atoms. The van der Waals surface area contributed by atoms with Crippen molar-refractivity contribution in [3.63, 3.8) is 0 Å². The number of hydrogen-bond acceptors (Lipinski definition) is 3. The largest absolute Gasteiger partial charge is 0.456 e. The molecule has 0 radical (unpaired) electrons. The number of aryl methyl sites for hydroxylation is 2. The van der Waals surface area contributed by atoms with Crippen molar-refractivity contribution in [1.29, 1.82) is 0 Å². The summed E-state index contributed by atoms with van der Waals surface area (Å²) in [6.07, 6.45) is 4.58. The van der Waals surface area contributed by atoms with Crippen molar-refractivity contribution in [3.05, 3.63) is 23.2 Å². The monoisotopic (exact) mass is 251 g/mol. The van der Waals surface area contributed by atoms with E-state index in [1.807, 2.05) is 13.8 Å². The molecule has 0 saturated heterocycles. The van der Waals surface area contributed by atoms with Gasteiger partial charge in [0.2, 0.25) is 0 Å². The lowest BCUT2D eigenvalue weighted by Gasteiger charge is -2.27. The Balaban J connectivity index is 2.11. The average molecular weight is 251 g/mol. The first kappa shape index (κ1) is 13.1. The summed E-state index contributed by atoms with van der Waals surface area (Å²) >= 11 is 0. The highest BCUT2D eigenvalue weighted by molar-refractivity contribution is 5.92. The number of rotatable bonds is 4. The van der Waals surface area contributed by atoms with Gasteiger partial charge in [-0.2, -0.15) is 0 Å². The maximum atomic E-state index is 12.1. The lowest BCUT2D eigenvalue weighted by Crippen LogP contribution is -2.49. The highest BCUT2D eigenvalue weighted by atomic mass is 16.4. The van der Waals surface area contributed by atoms with E-state index >= 15 is 0 Å². The summed E-state index contributed by atoms with van der Waals surface area (Å²) in [6.45, 7) is 3.94. The van der Waals surface area contributed by atoms with Crippen LogP contribution in [0.1, 0.15) is 54.5 Å². The predicted octanol–water partition coefficient (Wildman–Crippen LogP) is 2.19. The van der Waals surface area contributed by atoms with E-state index in [2.05, 4.69) is 5.32 Å². The summed E-state index contributed by atoms with van der Waals surface area (Å²) < 4.78 is 5.53. The van der Waals surface area contributed by atoms with Crippen LogP contribution in [0.5, 0.6) is 0 Å². The van der Waals surface area contributed by atoms with E-state index in [0.717, 1.165) is 43.4 Å². The van der Waals surface area contributed by atoms with Gasteiger partial charge in [0.05, 0.1) is 12.1 Å². The molecule has 1 fully saturated rings. The molecule has 2 rings (SSSR count). The average Bonchev–Trinajstić information content (AvgIpc) is 2.96.